The molecule has 3 aromatic heterocycles. The average Bonchev–Trinajstić information content (AvgIpc) is 3.52. The number of nitrogens with one attached hydrogen (secondary N) is 1. The number of hydrogen-bond acceptors (Lipinski definition) is 8. The zero-order valence-corrected chi connectivity index (χ0v) is 17.3. The average molecular weight is 456 g/mol. The van der Waals surface area contributed by atoms with Crippen molar-refractivity contribution < 1.29 is 17.6 Å². The van der Waals surface area contributed by atoms with Crippen molar-refractivity contribution >= 4 is 5.82 Å². The summed E-state index contributed by atoms with van der Waals surface area (Å²) in [5.74, 6) is -0.658. The van der Waals surface area contributed by atoms with E-state index in [4.69, 9.17) is 9.40 Å². The van der Waals surface area contributed by atoms with Gasteiger partial charge in [-0.15, -0.1) is 15.3 Å². The number of anilines is 1. The van der Waals surface area contributed by atoms with Gasteiger partial charge in [-0.1, -0.05) is 17.3 Å². The SMILES string of the molecule is Fc1cc(-c2nnc(C(F)F)o2)ccc1Cn1cc(-c2cccc(N3CCNCC3)n2)nn1. The molecule has 0 aliphatic carbocycles. The summed E-state index contributed by atoms with van der Waals surface area (Å²) in [5, 5.41) is 18.4. The van der Waals surface area contributed by atoms with Crippen molar-refractivity contribution in [3.63, 3.8) is 0 Å². The number of alkyl halides is 2. The Labute approximate surface area is 186 Å². The van der Waals surface area contributed by atoms with Crippen LogP contribution in [-0.4, -0.2) is 56.4 Å². The fourth-order valence-corrected chi connectivity index (χ4v) is 3.55. The van der Waals surface area contributed by atoms with Crippen LogP contribution in [0.2, 0.25) is 0 Å². The molecule has 170 valence electrons. The van der Waals surface area contributed by atoms with Crippen molar-refractivity contribution in [3.8, 4) is 22.8 Å². The van der Waals surface area contributed by atoms with Crippen molar-refractivity contribution in [3.05, 3.63) is 59.9 Å². The van der Waals surface area contributed by atoms with Gasteiger partial charge in [0.05, 0.1) is 18.4 Å². The fraction of sp³-hybridized carbons (Fsp3) is 0.286. The van der Waals surface area contributed by atoms with Gasteiger partial charge >= 0.3 is 6.43 Å². The molecule has 0 atom stereocenters. The molecular formula is C21H19F3N8O. The van der Waals surface area contributed by atoms with Crippen LogP contribution < -0.4 is 10.2 Å². The second-order valence-corrected chi connectivity index (χ2v) is 7.47. The molecule has 33 heavy (non-hydrogen) atoms. The van der Waals surface area contributed by atoms with E-state index in [2.05, 4.69) is 30.7 Å². The predicted octanol–water partition coefficient (Wildman–Crippen LogP) is 2.92. The van der Waals surface area contributed by atoms with E-state index in [9.17, 15) is 13.2 Å². The predicted molar refractivity (Wildman–Crippen MR) is 112 cm³/mol. The van der Waals surface area contributed by atoms with Gasteiger partial charge in [0.1, 0.15) is 17.3 Å². The van der Waals surface area contributed by atoms with Crippen LogP contribution in [0.5, 0.6) is 0 Å². The molecule has 0 radical (unpaired) electrons. The number of piperazine rings is 1. The van der Waals surface area contributed by atoms with E-state index in [1.165, 1.54) is 16.8 Å². The monoisotopic (exact) mass is 456 g/mol. The number of halogens is 3. The van der Waals surface area contributed by atoms with Gasteiger partial charge in [0, 0.05) is 37.3 Å². The molecular weight excluding hydrogens is 437 g/mol. The fourth-order valence-electron chi connectivity index (χ4n) is 3.55. The summed E-state index contributed by atoms with van der Waals surface area (Å²) >= 11 is 0. The molecule has 0 bridgehead atoms. The molecule has 0 spiro atoms. The summed E-state index contributed by atoms with van der Waals surface area (Å²) in [5.41, 5.74) is 1.81. The molecule has 0 amide bonds. The Balaban J connectivity index is 1.32. The van der Waals surface area contributed by atoms with Crippen molar-refractivity contribution in [2.75, 3.05) is 31.1 Å². The Bertz CT molecular complexity index is 1250. The molecule has 1 aromatic carbocycles. The van der Waals surface area contributed by atoms with Crippen LogP contribution in [0.3, 0.4) is 0 Å². The highest BCUT2D eigenvalue weighted by Crippen LogP contribution is 2.25. The number of nitrogens with zero attached hydrogens (tertiary/aromatic N) is 7. The summed E-state index contributed by atoms with van der Waals surface area (Å²) in [6.45, 7) is 3.71. The molecule has 0 saturated carbocycles. The molecule has 1 fully saturated rings. The Morgan fingerprint density at radius 1 is 1.03 bits per heavy atom. The second-order valence-electron chi connectivity index (χ2n) is 7.47. The lowest BCUT2D eigenvalue weighted by Crippen LogP contribution is -2.43. The molecule has 5 rings (SSSR count). The number of pyridine rings is 1. The molecule has 1 saturated heterocycles. The first-order valence-corrected chi connectivity index (χ1v) is 10.3. The van der Waals surface area contributed by atoms with Crippen LogP contribution in [0.1, 0.15) is 17.9 Å². The Morgan fingerprint density at radius 3 is 2.64 bits per heavy atom. The number of aromatic nitrogens is 6. The van der Waals surface area contributed by atoms with Crippen molar-refractivity contribution in [1.29, 1.82) is 0 Å². The second kappa shape index (κ2) is 8.98. The quantitative estimate of drug-likeness (QED) is 0.473. The third-order valence-electron chi connectivity index (χ3n) is 5.24. The Morgan fingerprint density at radius 2 is 1.88 bits per heavy atom. The van der Waals surface area contributed by atoms with Crippen LogP contribution in [0.4, 0.5) is 19.0 Å². The van der Waals surface area contributed by atoms with E-state index in [0.717, 1.165) is 38.1 Å². The maximum Gasteiger partial charge on any atom is 0.314 e. The zero-order chi connectivity index (χ0) is 22.8. The maximum atomic E-state index is 14.7. The minimum atomic E-state index is -2.89. The molecule has 1 aliphatic rings. The van der Waals surface area contributed by atoms with E-state index in [1.54, 1.807) is 6.20 Å². The van der Waals surface area contributed by atoms with Crippen molar-refractivity contribution in [2.24, 2.45) is 0 Å². The molecule has 1 N–H and O–H groups in total. The molecule has 12 heteroatoms. The first kappa shape index (κ1) is 21.1. The normalized spacial score (nSPS) is 14.2. The molecule has 4 aromatic rings. The van der Waals surface area contributed by atoms with E-state index in [-0.39, 0.29) is 18.0 Å². The molecule has 4 heterocycles. The van der Waals surface area contributed by atoms with Crippen LogP contribution in [-0.2, 0) is 6.54 Å². The lowest BCUT2D eigenvalue weighted by molar-refractivity contribution is 0.116. The summed E-state index contributed by atoms with van der Waals surface area (Å²) in [7, 11) is 0. The lowest BCUT2D eigenvalue weighted by atomic mass is 10.1. The van der Waals surface area contributed by atoms with Gasteiger partial charge in [-0.3, -0.25) is 0 Å². The van der Waals surface area contributed by atoms with Crippen LogP contribution in [0, 0.1) is 5.82 Å². The van der Waals surface area contributed by atoms with Crippen molar-refractivity contribution in [1.82, 2.24) is 35.5 Å². The number of rotatable bonds is 6. The van der Waals surface area contributed by atoms with E-state index < -0.39 is 18.1 Å². The molecule has 1 aliphatic heterocycles. The van der Waals surface area contributed by atoms with Gasteiger partial charge in [0.15, 0.2) is 0 Å². The first-order chi connectivity index (χ1) is 16.1. The van der Waals surface area contributed by atoms with Crippen LogP contribution in [0.15, 0.2) is 47.0 Å². The lowest BCUT2D eigenvalue weighted by Gasteiger charge is -2.28. The van der Waals surface area contributed by atoms with Gasteiger partial charge in [0.25, 0.3) is 5.89 Å². The van der Waals surface area contributed by atoms with E-state index in [1.807, 2.05) is 18.2 Å². The van der Waals surface area contributed by atoms with E-state index in [0.29, 0.717) is 17.0 Å². The van der Waals surface area contributed by atoms with Crippen molar-refractivity contribution in [2.45, 2.75) is 13.0 Å². The highest BCUT2D eigenvalue weighted by Gasteiger charge is 2.18. The van der Waals surface area contributed by atoms with Gasteiger partial charge in [-0.05, 0) is 24.3 Å². The summed E-state index contributed by atoms with van der Waals surface area (Å²) in [6, 6.07) is 9.94. The highest BCUT2D eigenvalue weighted by molar-refractivity contribution is 5.57. The molecule has 9 nitrogen and oxygen atoms in total. The summed E-state index contributed by atoms with van der Waals surface area (Å²) in [6.07, 6.45) is -1.19. The van der Waals surface area contributed by atoms with E-state index >= 15 is 0 Å². The largest absolute Gasteiger partial charge is 0.415 e. The van der Waals surface area contributed by atoms with Gasteiger partial charge in [-0.2, -0.15) is 8.78 Å². The summed E-state index contributed by atoms with van der Waals surface area (Å²) in [4.78, 5) is 6.90. The third-order valence-corrected chi connectivity index (χ3v) is 5.24. The minimum absolute atomic E-state index is 0.128. The third kappa shape index (κ3) is 4.55. The topological polar surface area (TPSA) is 97.8 Å². The summed E-state index contributed by atoms with van der Waals surface area (Å²) < 4.78 is 46.3. The number of hydrogen-bond donors (Lipinski definition) is 1. The Kier molecular flexibility index (Phi) is 5.73. The standard InChI is InChI=1S/C21H19F3N8O/c22-15-10-13(20-28-29-21(33-20)19(23)24)4-5-14(15)11-32-12-17(27-30-32)16-2-1-3-18(26-16)31-8-6-25-7-9-31/h1-5,10,12,19,25H,6-9,11H2. The zero-order valence-electron chi connectivity index (χ0n) is 17.3. The number of benzene rings is 1. The van der Waals surface area contributed by atoms with Crippen LogP contribution >= 0.6 is 0 Å². The van der Waals surface area contributed by atoms with Crippen LogP contribution in [0.25, 0.3) is 22.8 Å². The Hall–Kier alpha value is -3.80. The maximum absolute atomic E-state index is 14.7. The highest BCUT2D eigenvalue weighted by atomic mass is 19.3. The minimum Gasteiger partial charge on any atom is -0.415 e. The first-order valence-electron chi connectivity index (χ1n) is 10.3. The molecule has 0 unspecified atom stereocenters. The smallest absolute Gasteiger partial charge is 0.314 e. The van der Waals surface area contributed by atoms with Gasteiger partial charge < -0.3 is 14.6 Å². The van der Waals surface area contributed by atoms with Gasteiger partial charge in [0.2, 0.25) is 5.89 Å². The van der Waals surface area contributed by atoms with Gasteiger partial charge in [-0.25, -0.2) is 14.1 Å².